The zero-order valence-corrected chi connectivity index (χ0v) is 13.4. The Hall–Kier alpha value is -1.33. The monoisotopic (exact) mass is 310 g/mol. The molecule has 21 heavy (non-hydrogen) atoms. The second kappa shape index (κ2) is 7.61. The molecule has 2 N–H and O–H groups in total. The van der Waals surface area contributed by atoms with Crippen LogP contribution in [0.2, 0.25) is 5.02 Å². The lowest BCUT2D eigenvalue weighted by Gasteiger charge is -2.22. The summed E-state index contributed by atoms with van der Waals surface area (Å²) in [4.78, 5) is 18.9. The van der Waals surface area contributed by atoms with E-state index in [1.54, 1.807) is 12.1 Å². The van der Waals surface area contributed by atoms with Gasteiger partial charge in [0, 0.05) is 19.1 Å². The van der Waals surface area contributed by atoms with Gasteiger partial charge in [-0.1, -0.05) is 18.5 Å². The minimum Gasteiger partial charge on any atom is -0.370 e. The van der Waals surface area contributed by atoms with Crippen molar-refractivity contribution in [2.24, 2.45) is 0 Å². The molecule has 1 amide bonds. The number of hydrogen-bond acceptors (Lipinski definition) is 4. The molecule has 2 heterocycles. The molecule has 5 nitrogen and oxygen atoms in total. The summed E-state index contributed by atoms with van der Waals surface area (Å²) >= 11 is 6.08. The number of likely N-dealkylation sites (tertiary alicyclic amines) is 1. The molecule has 6 heteroatoms. The second-order valence-corrected chi connectivity index (χ2v) is 5.60. The van der Waals surface area contributed by atoms with E-state index in [2.05, 4.69) is 27.4 Å². The first kappa shape index (κ1) is 16.0. The van der Waals surface area contributed by atoms with Gasteiger partial charge in [-0.2, -0.15) is 0 Å². The SMILES string of the molecule is CCNc1ccc(Cl)c(C(=O)NCC2CCCN2CC)n1. The normalized spacial score (nSPS) is 18.7. The number of rotatable bonds is 6. The Morgan fingerprint density at radius 3 is 3.00 bits per heavy atom. The Morgan fingerprint density at radius 1 is 1.48 bits per heavy atom. The molecule has 116 valence electrons. The lowest BCUT2D eigenvalue weighted by Crippen LogP contribution is -2.40. The number of amides is 1. The molecule has 0 aromatic carbocycles. The van der Waals surface area contributed by atoms with Crippen LogP contribution < -0.4 is 10.6 Å². The summed E-state index contributed by atoms with van der Waals surface area (Å²) in [6.45, 7) is 7.68. The van der Waals surface area contributed by atoms with E-state index < -0.39 is 0 Å². The molecule has 1 aromatic rings. The first-order valence-electron chi connectivity index (χ1n) is 7.58. The molecule has 1 aromatic heterocycles. The quantitative estimate of drug-likeness (QED) is 0.847. The van der Waals surface area contributed by atoms with E-state index in [1.807, 2.05) is 6.92 Å². The Labute approximate surface area is 131 Å². The van der Waals surface area contributed by atoms with Gasteiger partial charge in [0.15, 0.2) is 0 Å². The van der Waals surface area contributed by atoms with Crippen LogP contribution in [0.1, 0.15) is 37.2 Å². The highest BCUT2D eigenvalue weighted by molar-refractivity contribution is 6.33. The first-order valence-corrected chi connectivity index (χ1v) is 7.96. The average Bonchev–Trinajstić information content (AvgIpc) is 2.94. The molecule has 0 spiro atoms. The highest BCUT2D eigenvalue weighted by atomic mass is 35.5. The molecule has 0 bridgehead atoms. The molecule has 2 rings (SSSR count). The van der Waals surface area contributed by atoms with E-state index >= 15 is 0 Å². The lowest BCUT2D eigenvalue weighted by molar-refractivity contribution is 0.0936. The number of hydrogen-bond donors (Lipinski definition) is 2. The molecule has 1 atom stereocenters. The number of anilines is 1. The summed E-state index contributed by atoms with van der Waals surface area (Å²) in [6, 6.07) is 3.91. The third kappa shape index (κ3) is 4.08. The zero-order chi connectivity index (χ0) is 15.2. The summed E-state index contributed by atoms with van der Waals surface area (Å²) in [5.74, 6) is 0.464. The van der Waals surface area contributed by atoms with Gasteiger partial charge in [-0.3, -0.25) is 9.69 Å². The number of nitrogens with one attached hydrogen (secondary N) is 2. The van der Waals surface area contributed by atoms with Gasteiger partial charge in [0.2, 0.25) is 0 Å². The van der Waals surface area contributed by atoms with E-state index in [1.165, 1.54) is 6.42 Å². The first-order chi connectivity index (χ1) is 10.2. The van der Waals surface area contributed by atoms with Gasteiger partial charge in [0.25, 0.3) is 5.91 Å². The van der Waals surface area contributed by atoms with Gasteiger partial charge in [-0.15, -0.1) is 0 Å². The Balaban J connectivity index is 1.98. The second-order valence-electron chi connectivity index (χ2n) is 5.19. The Kier molecular flexibility index (Phi) is 5.82. The predicted octanol–water partition coefficient (Wildman–Crippen LogP) is 2.38. The summed E-state index contributed by atoms with van der Waals surface area (Å²) in [5.41, 5.74) is 0.288. The summed E-state index contributed by atoms with van der Waals surface area (Å²) < 4.78 is 0. The van der Waals surface area contributed by atoms with Crippen molar-refractivity contribution in [2.45, 2.75) is 32.7 Å². The van der Waals surface area contributed by atoms with Crippen LogP contribution in [0.3, 0.4) is 0 Å². The van der Waals surface area contributed by atoms with Crippen molar-refractivity contribution in [1.29, 1.82) is 0 Å². The lowest BCUT2D eigenvalue weighted by atomic mass is 10.2. The summed E-state index contributed by atoms with van der Waals surface area (Å²) in [6.07, 6.45) is 2.33. The summed E-state index contributed by atoms with van der Waals surface area (Å²) in [7, 11) is 0. The molecule has 0 saturated carbocycles. The third-order valence-electron chi connectivity index (χ3n) is 3.82. The van der Waals surface area contributed by atoms with Crippen LogP contribution >= 0.6 is 11.6 Å². The van der Waals surface area contributed by atoms with Crippen LogP contribution in [-0.4, -0.2) is 48.0 Å². The number of carbonyl (C=O) groups is 1. The van der Waals surface area contributed by atoms with Crippen LogP contribution in [0.25, 0.3) is 0 Å². The van der Waals surface area contributed by atoms with Crippen LogP contribution in [0, 0.1) is 0 Å². The van der Waals surface area contributed by atoms with Crippen molar-refractivity contribution < 1.29 is 4.79 Å². The van der Waals surface area contributed by atoms with Crippen molar-refractivity contribution in [3.05, 3.63) is 22.8 Å². The number of nitrogens with zero attached hydrogens (tertiary/aromatic N) is 2. The van der Waals surface area contributed by atoms with E-state index in [4.69, 9.17) is 11.6 Å². The summed E-state index contributed by atoms with van der Waals surface area (Å²) in [5, 5.41) is 6.43. The predicted molar refractivity (Wildman–Crippen MR) is 86.0 cm³/mol. The van der Waals surface area contributed by atoms with E-state index in [9.17, 15) is 4.79 Å². The van der Waals surface area contributed by atoms with Gasteiger partial charge < -0.3 is 10.6 Å². The van der Waals surface area contributed by atoms with Crippen molar-refractivity contribution in [2.75, 3.05) is 31.5 Å². The third-order valence-corrected chi connectivity index (χ3v) is 4.13. The maximum atomic E-state index is 12.3. The molecule has 1 aliphatic rings. The Morgan fingerprint density at radius 2 is 2.29 bits per heavy atom. The van der Waals surface area contributed by atoms with E-state index in [0.717, 1.165) is 26.1 Å². The fraction of sp³-hybridized carbons (Fsp3) is 0.600. The van der Waals surface area contributed by atoms with E-state index in [-0.39, 0.29) is 11.6 Å². The minimum atomic E-state index is -0.206. The maximum Gasteiger partial charge on any atom is 0.271 e. The number of halogens is 1. The number of likely N-dealkylation sites (N-methyl/N-ethyl adjacent to an activating group) is 1. The van der Waals surface area contributed by atoms with Gasteiger partial charge in [0.05, 0.1) is 5.02 Å². The van der Waals surface area contributed by atoms with Crippen LogP contribution in [0.15, 0.2) is 12.1 Å². The molecular formula is C15H23ClN4O. The highest BCUT2D eigenvalue weighted by Crippen LogP contribution is 2.18. The largest absolute Gasteiger partial charge is 0.370 e. The fourth-order valence-corrected chi connectivity index (χ4v) is 2.91. The van der Waals surface area contributed by atoms with Gasteiger partial charge >= 0.3 is 0 Å². The van der Waals surface area contributed by atoms with E-state index in [0.29, 0.717) is 23.4 Å². The van der Waals surface area contributed by atoms with Gasteiger partial charge in [-0.05, 0) is 45.0 Å². The number of pyridine rings is 1. The Bertz CT molecular complexity index is 495. The van der Waals surface area contributed by atoms with Crippen molar-refractivity contribution >= 4 is 23.3 Å². The smallest absolute Gasteiger partial charge is 0.271 e. The molecule has 1 fully saturated rings. The van der Waals surface area contributed by atoms with Crippen LogP contribution in [0.5, 0.6) is 0 Å². The molecular weight excluding hydrogens is 288 g/mol. The van der Waals surface area contributed by atoms with Crippen molar-refractivity contribution in [3.8, 4) is 0 Å². The fourth-order valence-electron chi connectivity index (χ4n) is 2.72. The number of aromatic nitrogens is 1. The maximum absolute atomic E-state index is 12.3. The molecule has 1 saturated heterocycles. The highest BCUT2D eigenvalue weighted by Gasteiger charge is 2.24. The van der Waals surface area contributed by atoms with Crippen molar-refractivity contribution in [3.63, 3.8) is 0 Å². The minimum absolute atomic E-state index is 0.206. The standard InChI is InChI=1S/C15H23ClN4O/c1-3-17-13-8-7-12(16)14(19-13)15(21)18-10-11-6-5-9-20(11)4-2/h7-8,11H,3-6,9-10H2,1-2H3,(H,17,19)(H,18,21). The molecule has 1 unspecified atom stereocenters. The molecule has 1 aliphatic heterocycles. The van der Waals surface area contributed by atoms with Gasteiger partial charge in [-0.25, -0.2) is 4.98 Å². The van der Waals surface area contributed by atoms with Gasteiger partial charge in [0.1, 0.15) is 11.5 Å². The van der Waals surface area contributed by atoms with Crippen LogP contribution in [0.4, 0.5) is 5.82 Å². The zero-order valence-electron chi connectivity index (χ0n) is 12.7. The molecule has 0 aliphatic carbocycles. The number of carbonyl (C=O) groups excluding carboxylic acids is 1. The average molecular weight is 311 g/mol. The van der Waals surface area contributed by atoms with Crippen LogP contribution in [-0.2, 0) is 0 Å². The van der Waals surface area contributed by atoms with Crippen molar-refractivity contribution in [1.82, 2.24) is 15.2 Å². The topological polar surface area (TPSA) is 57.3 Å². The molecule has 0 radical (unpaired) electrons.